The number of hydrogen-bond acceptors (Lipinski definition) is 2. The number of rotatable bonds is 3. The van der Waals surface area contributed by atoms with Gasteiger partial charge in [-0.1, -0.05) is 0 Å². The Kier molecular flexibility index (Phi) is 4.50. The molecular weight excluding hydrogens is 345 g/mol. The van der Waals surface area contributed by atoms with Crippen LogP contribution >= 0.6 is 0 Å². The Morgan fingerprint density at radius 3 is 1.70 bits per heavy atom. The number of benzene rings is 1. The van der Waals surface area contributed by atoms with E-state index in [4.69, 9.17) is 5.73 Å². The fraction of sp³-hybridized carbons (Fsp3) is 0.500. The molecule has 0 saturated carbocycles. The molecule has 0 spiro atoms. The molecular formula is C12H10F9NO. The summed E-state index contributed by atoms with van der Waals surface area (Å²) in [6.07, 6.45) is -13.3. The molecule has 1 unspecified atom stereocenters. The van der Waals surface area contributed by atoms with E-state index in [1.807, 2.05) is 0 Å². The number of nitrogens with two attached hydrogens (primary N) is 1. The Morgan fingerprint density at radius 2 is 1.35 bits per heavy atom. The highest BCUT2D eigenvalue weighted by Gasteiger charge is 2.81. The summed E-state index contributed by atoms with van der Waals surface area (Å²) in [5.74, 6) is -7.39. The second kappa shape index (κ2) is 5.38. The first-order chi connectivity index (χ1) is 10.1. The highest BCUT2D eigenvalue weighted by Crippen LogP contribution is 2.58. The first kappa shape index (κ1) is 19.2. The van der Waals surface area contributed by atoms with Gasteiger partial charge in [-0.3, -0.25) is 0 Å². The Bertz CT molecular complexity index is 593. The summed E-state index contributed by atoms with van der Waals surface area (Å²) in [7, 11) is 0.879. The summed E-state index contributed by atoms with van der Waals surface area (Å²) >= 11 is 0. The van der Waals surface area contributed by atoms with Crippen LogP contribution in [0.1, 0.15) is 11.1 Å². The van der Waals surface area contributed by atoms with Crippen LogP contribution in [0.3, 0.4) is 0 Å². The number of methoxy groups -OCH3 is 1. The van der Waals surface area contributed by atoms with Crippen molar-refractivity contribution in [2.45, 2.75) is 30.9 Å². The van der Waals surface area contributed by atoms with Gasteiger partial charge in [0.15, 0.2) is 0 Å². The van der Waals surface area contributed by atoms with Crippen molar-refractivity contribution in [1.29, 1.82) is 0 Å². The molecule has 0 fully saturated rings. The smallest absolute Gasteiger partial charge is 0.457 e. The minimum absolute atomic E-state index is 0.0650. The highest BCUT2D eigenvalue weighted by molar-refractivity contribution is 5.60. The Hall–Kier alpha value is -1.81. The SMILES string of the molecule is COc1cc(C(F)(C(F)(F)F)C(F)(F)C(F)(F)F)cc(C)c1N. The fourth-order valence-corrected chi connectivity index (χ4v) is 1.85. The normalized spacial score (nSPS) is 16.1. The first-order valence-electron chi connectivity index (χ1n) is 5.76. The molecule has 0 bridgehead atoms. The van der Waals surface area contributed by atoms with Gasteiger partial charge in [-0.15, -0.1) is 0 Å². The van der Waals surface area contributed by atoms with Gasteiger partial charge in [0.25, 0.3) is 0 Å². The summed E-state index contributed by atoms with van der Waals surface area (Å²) in [6, 6.07) is 0.237. The summed E-state index contributed by atoms with van der Waals surface area (Å²) in [5, 5.41) is 0. The molecule has 0 aliphatic rings. The molecule has 1 atom stereocenters. The molecule has 0 radical (unpaired) electrons. The minimum Gasteiger partial charge on any atom is -0.495 e. The Balaban J connectivity index is 3.80. The second-order valence-corrected chi connectivity index (χ2v) is 4.64. The maximum atomic E-state index is 14.2. The molecule has 0 aromatic heterocycles. The quantitative estimate of drug-likeness (QED) is 0.640. The van der Waals surface area contributed by atoms with E-state index in [0.29, 0.717) is 0 Å². The predicted octanol–water partition coefficient (Wildman–Crippen LogP) is 4.51. The van der Waals surface area contributed by atoms with Gasteiger partial charge >= 0.3 is 23.9 Å². The summed E-state index contributed by atoms with van der Waals surface area (Å²) in [6.45, 7) is 1.00. The summed E-state index contributed by atoms with van der Waals surface area (Å²) in [5.41, 5.74) is -3.28. The number of hydrogen-bond donors (Lipinski definition) is 1. The molecule has 2 N–H and O–H groups in total. The van der Waals surface area contributed by atoms with Crippen molar-refractivity contribution >= 4 is 5.69 Å². The number of alkyl halides is 9. The van der Waals surface area contributed by atoms with E-state index in [0.717, 1.165) is 14.0 Å². The van der Waals surface area contributed by atoms with Crippen molar-refractivity contribution in [1.82, 2.24) is 0 Å². The maximum absolute atomic E-state index is 14.2. The molecule has 1 aromatic rings. The van der Waals surface area contributed by atoms with E-state index in [1.165, 1.54) is 0 Å². The lowest BCUT2D eigenvalue weighted by Gasteiger charge is -2.36. The van der Waals surface area contributed by atoms with Crippen LogP contribution in [0, 0.1) is 6.92 Å². The Morgan fingerprint density at radius 1 is 0.870 bits per heavy atom. The monoisotopic (exact) mass is 355 g/mol. The van der Waals surface area contributed by atoms with Crippen LogP contribution < -0.4 is 10.5 Å². The lowest BCUT2D eigenvalue weighted by molar-refractivity contribution is -0.389. The summed E-state index contributed by atoms with van der Waals surface area (Å²) < 4.78 is 121. The lowest BCUT2D eigenvalue weighted by Crippen LogP contribution is -2.59. The molecule has 23 heavy (non-hydrogen) atoms. The third-order valence-corrected chi connectivity index (χ3v) is 3.15. The van der Waals surface area contributed by atoms with E-state index in [2.05, 4.69) is 4.74 Å². The van der Waals surface area contributed by atoms with Crippen LogP contribution in [-0.4, -0.2) is 25.4 Å². The third kappa shape index (κ3) is 2.76. The van der Waals surface area contributed by atoms with Gasteiger partial charge in [-0.05, 0) is 24.6 Å². The minimum atomic E-state index is -6.78. The van der Waals surface area contributed by atoms with Crippen LogP contribution in [0.15, 0.2) is 12.1 Å². The van der Waals surface area contributed by atoms with Gasteiger partial charge in [0.2, 0.25) is 0 Å². The summed E-state index contributed by atoms with van der Waals surface area (Å²) in [4.78, 5) is 0. The van der Waals surface area contributed by atoms with Crippen molar-refractivity contribution in [2.24, 2.45) is 0 Å². The number of nitrogen functional groups attached to an aromatic ring is 1. The van der Waals surface area contributed by atoms with Crippen molar-refractivity contribution in [3.63, 3.8) is 0 Å². The molecule has 2 nitrogen and oxygen atoms in total. The number of halogens is 9. The lowest BCUT2D eigenvalue weighted by atomic mass is 9.86. The average molecular weight is 355 g/mol. The van der Waals surface area contributed by atoms with Gasteiger partial charge in [-0.2, -0.15) is 35.1 Å². The van der Waals surface area contributed by atoms with Crippen molar-refractivity contribution in [3.05, 3.63) is 23.3 Å². The molecule has 1 aromatic carbocycles. The molecule has 0 saturated heterocycles. The van der Waals surface area contributed by atoms with Crippen LogP contribution in [0.4, 0.5) is 45.2 Å². The number of ether oxygens (including phenoxy) is 1. The van der Waals surface area contributed by atoms with Gasteiger partial charge in [0.05, 0.1) is 12.8 Å². The standard InChI is InChI=1S/C12H10F9NO/c1-5-3-6(4-7(23-2)8(5)22)9(13,11(16,17)18)10(14,15)12(19,20)21/h3-4H,22H2,1-2H3. The van der Waals surface area contributed by atoms with Crippen molar-refractivity contribution in [2.75, 3.05) is 12.8 Å². The Labute approximate surface area is 124 Å². The van der Waals surface area contributed by atoms with Crippen LogP contribution in [-0.2, 0) is 5.67 Å². The molecule has 1 rings (SSSR count). The number of anilines is 1. The fourth-order valence-electron chi connectivity index (χ4n) is 1.85. The van der Waals surface area contributed by atoms with E-state index >= 15 is 0 Å². The molecule has 11 heteroatoms. The van der Waals surface area contributed by atoms with Crippen LogP contribution in [0.2, 0.25) is 0 Å². The van der Waals surface area contributed by atoms with E-state index in [9.17, 15) is 39.5 Å². The topological polar surface area (TPSA) is 35.2 Å². The number of aryl methyl sites for hydroxylation is 1. The zero-order valence-electron chi connectivity index (χ0n) is 11.5. The zero-order valence-corrected chi connectivity index (χ0v) is 11.5. The molecule has 132 valence electrons. The zero-order chi connectivity index (χ0) is 18.4. The van der Waals surface area contributed by atoms with Gasteiger partial charge in [-0.25, -0.2) is 4.39 Å². The van der Waals surface area contributed by atoms with E-state index in [-0.39, 0.29) is 23.4 Å². The van der Waals surface area contributed by atoms with Crippen LogP contribution in [0.25, 0.3) is 0 Å². The highest BCUT2D eigenvalue weighted by atomic mass is 19.4. The van der Waals surface area contributed by atoms with Gasteiger partial charge in [0, 0.05) is 5.56 Å². The van der Waals surface area contributed by atoms with Crippen molar-refractivity contribution in [3.8, 4) is 5.75 Å². The largest absolute Gasteiger partial charge is 0.495 e. The first-order valence-corrected chi connectivity index (χ1v) is 5.76. The van der Waals surface area contributed by atoms with Crippen molar-refractivity contribution < 1.29 is 44.3 Å². The third-order valence-electron chi connectivity index (χ3n) is 3.15. The molecule has 0 amide bonds. The van der Waals surface area contributed by atoms with E-state index in [1.54, 1.807) is 0 Å². The maximum Gasteiger partial charge on any atom is 0.457 e. The molecule has 0 aliphatic heterocycles. The van der Waals surface area contributed by atoms with Gasteiger partial charge in [0.1, 0.15) is 5.75 Å². The van der Waals surface area contributed by atoms with E-state index < -0.39 is 35.3 Å². The molecule has 0 aliphatic carbocycles. The molecule has 0 heterocycles. The van der Waals surface area contributed by atoms with Crippen LogP contribution in [0.5, 0.6) is 5.75 Å². The second-order valence-electron chi connectivity index (χ2n) is 4.64. The predicted molar refractivity (Wildman–Crippen MR) is 62.0 cm³/mol. The average Bonchev–Trinajstić information content (AvgIpc) is 2.37. The van der Waals surface area contributed by atoms with Gasteiger partial charge < -0.3 is 10.5 Å².